The van der Waals surface area contributed by atoms with Crippen molar-refractivity contribution in [1.29, 1.82) is 0 Å². The summed E-state index contributed by atoms with van der Waals surface area (Å²) in [6, 6.07) is 12.6. The fourth-order valence-corrected chi connectivity index (χ4v) is 3.39. The van der Waals surface area contributed by atoms with E-state index in [1.165, 1.54) is 43.1 Å². The number of para-hydroxylation sites is 1. The molecule has 2 N–H and O–H groups in total. The molecule has 1 amide bonds. The molecular weight excluding hydrogens is 376 g/mol. The zero-order valence-electron chi connectivity index (χ0n) is 14.2. The van der Waals surface area contributed by atoms with Gasteiger partial charge in [0.05, 0.1) is 16.1 Å². The molecule has 0 atom stereocenters. The van der Waals surface area contributed by atoms with Crippen LogP contribution >= 0.6 is 11.8 Å². The minimum Gasteiger partial charge on any atom is -0.452 e. The largest absolute Gasteiger partial charge is 0.452 e. The first-order valence-corrected chi connectivity index (χ1v) is 10.2. The first-order chi connectivity index (χ1) is 12.4. The van der Waals surface area contributed by atoms with Crippen LogP contribution in [0.1, 0.15) is 10.4 Å². The standard InChI is InChI=1S/C17H18N2O5S2/c1-18-26(22,23)13-7-5-6-12(10-13)17(21)24-11-16(20)19-14-8-3-4-9-15(14)25-2/h3-10,18H,11H2,1-2H3,(H,19,20). The number of rotatable bonds is 7. The van der Waals surface area contributed by atoms with Gasteiger partial charge in [0.25, 0.3) is 5.91 Å². The molecule has 0 aliphatic rings. The summed E-state index contributed by atoms with van der Waals surface area (Å²) in [6.45, 7) is -0.482. The number of carbonyl (C=O) groups is 2. The Morgan fingerprint density at radius 1 is 1.12 bits per heavy atom. The van der Waals surface area contributed by atoms with Crippen molar-refractivity contribution in [2.24, 2.45) is 0 Å². The van der Waals surface area contributed by atoms with E-state index >= 15 is 0 Å². The van der Waals surface area contributed by atoms with Crippen molar-refractivity contribution in [2.75, 3.05) is 25.2 Å². The number of thioether (sulfide) groups is 1. The van der Waals surface area contributed by atoms with Crippen molar-refractivity contribution in [1.82, 2.24) is 4.72 Å². The zero-order valence-corrected chi connectivity index (χ0v) is 15.8. The van der Waals surface area contributed by atoms with Gasteiger partial charge in [-0.2, -0.15) is 0 Å². The highest BCUT2D eigenvalue weighted by Crippen LogP contribution is 2.24. The van der Waals surface area contributed by atoms with Crippen LogP contribution < -0.4 is 10.0 Å². The van der Waals surface area contributed by atoms with Crippen molar-refractivity contribution >= 4 is 39.3 Å². The number of ether oxygens (including phenoxy) is 1. The Morgan fingerprint density at radius 3 is 2.54 bits per heavy atom. The lowest BCUT2D eigenvalue weighted by Crippen LogP contribution is -2.22. The second-order valence-corrected chi connectivity index (χ2v) is 7.79. The van der Waals surface area contributed by atoms with Gasteiger partial charge in [0.15, 0.2) is 6.61 Å². The molecule has 0 aliphatic heterocycles. The maximum Gasteiger partial charge on any atom is 0.338 e. The van der Waals surface area contributed by atoms with E-state index in [1.54, 1.807) is 12.1 Å². The van der Waals surface area contributed by atoms with Crippen LogP contribution in [0.2, 0.25) is 0 Å². The van der Waals surface area contributed by atoms with E-state index in [0.29, 0.717) is 5.69 Å². The molecule has 138 valence electrons. The highest BCUT2D eigenvalue weighted by atomic mass is 32.2. The van der Waals surface area contributed by atoms with Gasteiger partial charge in [0.1, 0.15) is 0 Å². The summed E-state index contributed by atoms with van der Waals surface area (Å²) in [5, 5.41) is 2.67. The number of nitrogens with one attached hydrogen (secondary N) is 2. The third kappa shape index (κ3) is 5.07. The van der Waals surface area contributed by atoms with E-state index in [9.17, 15) is 18.0 Å². The molecule has 0 unspecified atom stereocenters. The van der Waals surface area contributed by atoms with Crippen LogP contribution in [-0.2, 0) is 19.6 Å². The average molecular weight is 394 g/mol. The first-order valence-electron chi connectivity index (χ1n) is 7.51. The molecule has 0 spiro atoms. The summed E-state index contributed by atoms with van der Waals surface area (Å²) >= 11 is 1.48. The second kappa shape index (κ2) is 8.84. The molecule has 9 heteroatoms. The lowest BCUT2D eigenvalue weighted by atomic mass is 10.2. The Labute approximate surface area is 156 Å². The van der Waals surface area contributed by atoms with Crippen molar-refractivity contribution in [3.8, 4) is 0 Å². The summed E-state index contributed by atoms with van der Waals surface area (Å²) in [4.78, 5) is 24.9. The molecule has 0 fully saturated rings. The van der Waals surface area contributed by atoms with E-state index in [-0.39, 0.29) is 10.5 Å². The molecule has 0 saturated heterocycles. The van der Waals surface area contributed by atoms with Gasteiger partial charge in [-0.25, -0.2) is 17.9 Å². The van der Waals surface area contributed by atoms with E-state index < -0.39 is 28.5 Å². The Kier molecular flexibility index (Phi) is 6.78. The van der Waals surface area contributed by atoms with Gasteiger partial charge in [0.2, 0.25) is 10.0 Å². The number of hydrogen-bond donors (Lipinski definition) is 2. The van der Waals surface area contributed by atoms with Gasteiger partial charge >= 0.3 is 5.97 Å². The smallest absolute Gasteiger partial charge is 0.338 e. The minimum atomic E-state index is -3.67. The van der Waals surface area contributed by atoms with Crippen molar-refractivity contribution in [3.63, 3.8) is 0 Å². The monoisotopic (exact) mass is 394 g/mol. The van der Waals surface area contributed by atoms with Gasteiger partial charge < -0.3 is 10.1 Å². The fraction of sp³-hybridized carbons (Fsp3) is 0.176. The number of sulfonamides is 1. The summed E-state index contributed by atoms with van der Waals surface area (Å²) in [5.74, 6) is -1.27. The second-order valence-electron chi connectivity index (χ2n) is 5.06. The van der Waals surface area contributed by atoms with E-state index in [0.717, 1.165) is 4.90 Å². The third-order valence-electron chi connectivity index (χ3n) is 3.36. The van der Waals surface area contributed by atoms with Crippen molar-refractivity contribution in [3.05, 3.63) is 54.1 Å². The van der Waals surface area contributed by atoms with E-state index in [4.69, 9.17) is 4.74 Å². The molecule has 26 heavy (non-hydrogen) atoms. The maximum atomic E-state index is 12.1. The first kappa shape index (κ1) is 20.0. The van der Waals surface area contributed by atoms with Crippen LogP contribution in [0.5, 0.6) is 0 Å². The number of amides is 1. The predicted molar refractivity (Wildman–Crippen MR) is 99.8 cm³/mol. The van der Waals surface area contributed by atoms with E-state index in [2.05, 4.69) is 10.0 Å². The van der Waals surface area contributed by atoms with E-state index in [1.807, 2.05) is 18.4 Å². The molecular formula is C17H18N2O5S2. The van der Waals surface area contributed by atoms with Gasteiger partial charge in [0, 0.05) is 4.90 Å². The van der Waals surface area contributed by atoms with Gasteiger partial charge in [-0.05, 0) is 43.6 Å². The molecule has 0 saturated carbocycles. The number of hydrogen-bond acceptors (Lipinski definition) is 6. The molecule has 2 aromatic carbocycles. The fourth-order valence-electron chi connectivity index (χ4n) is 2.06. The molecule has 0 bridgehead atoms. The molecule has 7 nitrogen and oxygen atoms in total. The molecule has 2 rings (SSSR count). The minimum absolute atomic E-state index is 0.0404. The Hall–Kier alpha value is -2.36. The van der Waals surface area contributed by atoms with Gasteiger partial charge in [-0.15, -0.1) is 11.8 Å². The molecule has 0 radical (unpaired) electrons. The van der Waals surface area contributed by atoms with Gasteiger partial charge in [-0.3, -0.25) is 4.79 Å². The zero-order chi connectivity index (χ0) is 19.2. The van der Waals surface area contributed by atoms with Crippen LogP contribution in [0.15, 0.2) is 58.3 Å². The molecule has 2 aromatic rings. The highest BCUT2D eigenvalue weighted by molar-refractivity contribution is 7.98. The topological polar surface area (TPSA) is 102 Å². The van der Waals surface area contributed by atoms with Crippen LogP contribution in [-0.4, -0.2) is 40.2 Å². The average Bonchev–Trinajstić information content (AvgIpc) is 2.66. The van der Waals surface area contributed by atoms with Crippen LogP contribution in [0.3, 0.4) is 0 Å². The summed E-state index contributed by atoms with van der Waals surface area (Å²) < 4.78 is 30.7. The number of benzene rings is 2. The quantitative estimate of drug-likeness (QED) is 0.551. The molecule has 0 heterocycles. The summed E-state index contributed by atoms with van der Waals surface area (Å²) in [6.07, 6.45) is 1.89. The molecule has 0 aromatic heterocycles. The van der Waals surface area contributed by atoms with Crippen LogP contribution in [0, 0.1) is 0 Å². The lowest BCUT2D eigenvalue weighted by molar-refractivity contribution is -0.119. The predicted octanol–water partition coefficient (Wildman–Crippen LogP) is 2.11. The van der Waals surface area contributed by atoms with Crippen LogP contribution in [0.25, 0.3) is 0 Å². The third-order valence-corrected chi connectivity index (χ3v) is 5.57. The summed E-state index contributed by atoms with van der Waals surface area (Å²) in [5.41, 5.74) is 0.668. The van der Waals surface area contributed by atoms with Gasteiger partial charge in [-0.1, -0.05) is 18.2 Å². The summed E-state index contributed by atoms with van der Waals surface area (Å²) in [7, 11) is -2.40. The van der Waals surface area contributed by atoms with Crippen molar-refractivity contribution < 1.29 is 22.7 Å². The highest BCUT2D eigenvalue weighted by Gasteiger charge is 2.16. The van der Waals surface area contributed by atoms with Crippen molar-refractivity contribution in [2.45, 2.75) is 9.79 Å². The number of carbonyl (C=O) groups excluding carboxylic acids is 2. The lowest BCUT2D eigenvalue weighted by Gasteiger charge is -2.10. The Balaban J connectivity index is 2.00. The number of anilines is 1. The number of esters is 1. The SMILES string of the molecule is CNS(=O)(=O)c1cccc(C(=O)OCC(=O)Nc2ccccc2SC)c1. The van der Waals surface area contributed by atoms with Crippen LogP contribution in [0.4, 0.5) is 5.69 Å². The maximum absolute atomic E-state index is 12.1. The molecule has 0 aliphatic carbocycles. The normalized spacial score (nSPS) is 11.0. The Bertz CT molecular complexity index is 913. The Morgan fingerprint density at radius 2 is 1.85 bits per heavy atom.